The van der Waals surface area contributed by atoms with E-state index in [1.54, 1.807) is 0 Å². The highest BCUT2D eigenvalue weighted by Gasteiger charge is 2.33. The molecule has 2 rings (SSSR count). The summed E-state index contributed by atoms with van der Waals surface area (Å²) in [7, 11) is 3.50. The minimum absolute atomic E-state index is 0.0397. The molecule has 0 bridgehead atoms. The van der Waals surface area contributed by atoms with Gasteiger partial charge in [0.15, 0.2) is 5.69 Å². The molecule has 1 aliphatic heterocycles. The number of nitrogens with one attached hydrogen (secondary N) is 2. The summed E-state index contributed by atoms with van der Waals surface area (Å²) in [5.74, 6) is 0.152. The van der Waals surface area contributed by atoms with Crippen LogP contribution in [0.1, 0.15) is 18.5 Å². The molecule has 1 aliphatic rings. The van der Waals surface area contributed by atoms with Crippen LogP contribution in [0.5, 0.6) is 0 Å². The summed E-state index contributed by atoms with van der Waals surface area (Å²) in [5.41, 5.74) is -0.945. The lowest BCUT2D eigenvalue weighted by atomic mass is 10.2. The Morgan fingerprint density at radius 1 is 1.40 bits per heavy atom. The number of anilines is 2. The van der Waals surface area contributed by atoms with E-state index in [0.717, 1.165) is 25.5 Å². The normalized spacial score (nSPS) is 20.1. The lowest BCUT2D eigenvalue weighted by Gasteiger charge is -2.20. The molecular formula is C12H18F3N5. The standard InChI is InChI=1S/C12H18F3N5/c1-16-11-18-9(12(13,14)15)6-10(19-11)17-7-8-4-3-5-20(8)2/h6,8H,3-5,7H2,1-2H3,(H2,16,17,18,19). The zero-order valence-electron chi connectivity index (χ0n) is 11.5. The molecule has 0 spiro atoms. The molecule has 1 aromatic rings. The van der Waals surface area contributed by atoms with Gasteiger partial charge in [0.1, 0.15) is 5.82 Å². The molecule has 1 atom stereocenters. The van der Waals surface area contributed by atoms with Gasteiger partial charge in [-0.25, -0.2) is 4.98 Å². The number of halogens is 3. The van der Waals surface area contributed by atoms with E-state index in [9.17, 15) is 13.2 Å². The van der Waals surface area contributed by atoms with Crippen LogP contribution in [-0.2, 0) is 6.18 Å². The molecule has 2 heterocycles. The van der Waals surface area contributed by atoms with Gasteiger partial charge in [-0.1, -0.05) is 0 Å². The Hall–Kier alpha value is -1.57. The van der Waals surface area contributed by atoms with Crippen molar-refractivity contribution < 1.29 is 13.2 Å². The zero-order chi connectivity index (χ0) is 14.8. The van der Waals surface area contributed by atoms with E-state index in [1.165, 1.54) is 7.05 Å². The number of hydrogen-bond donors (Lipinski definition) is 2. The maximum Gasteiger partial charge on any atom is 0.433 e. The first kappa shape index (κ1) is 14.8. The highest BCUT2D eigenvalue weighted by atomic mass is 19.4. The van der Waals surface area contributed by atoms with Gasteiger partial charge in [-0.3, -0.25) is 0 Å². The van der Waals surface area contributed by atoms with Crippen molar-refractivity contribution in [3.63, 3.8) is 0 Å². The molecule has 1 unspecified atom stereocenters. The maximum absolute atomic E-state index is 12.7. The van der Waals surface area contributed by atoms with Gasteiger partial charge < -0.3 is 15.5 Å². The summed E-state index contributed by atoms with van der Waals surface area (Å²) in [6.45, 7) is 1.60. The molecule has 20 heavy (non-hydrogen) atoms. The van der Waals surface area contributed by atoms with Crippen LogP contribution in [0.15, 0.2) is 6.07 Å². The third-order valence-corrected chi connectivity index (χ3v) is 3.43. The lowest BCUT2D eigenvalue weighted by Crippen LogP contribution is -2.31. The fourth-order valence-electron chi connectivity index (χ4n) is 2.25. The van der Waals surface area contributed by atoms with Crippen molar-refractivity contribution in [3.05, 3.63) is 11.8 Å². The third kappa shape index (κ3) is 3.50. The van der Waals surface area contributed by atoms with E-state index < -0.39 is 11.9 Å². The van der Waals surface area contributed by atoms with Crippen LogP contribution in [0.4, 0.5) is 24.9 Å². The Kier molecular flexibility index (Phi) is 4.32. The minimum Gasteiger partial charge on any atom is -0.368 e. The number of alkyl halides is 3. The first-order chi connectivity index (χ1) is 9.40. The van der Waals surface area contributed by atoms with Crippen molar-refractivity contribution in [1.29, 1.82) is 0 Å². The molecule has 1 aromatic heterocycles. The second-order valence-electron chi connectivity index (χ2n) is 4.87. The summed E-state index contributed by atoms with van der Waals surface area (Å²) in [6, 6.07) is 1.27. The third-order valence-electron chi connectivity index (χ3n) is 3.43. The predicted octanol–water partition coefficient (Wildman–Crippen LogP) is 2.04. The molecule has 0 amide bonds. The fourth-order valence-corrected chi connectivity index (χ4v) is 2.25. The first-order valence-electron chi connectivity index (χ1n) is 6.48. The number of rotatable bonds is 4. The number of nitrogens with zero attached hydrogens (tertiary/aromatic N) is 3. The highest BCUT2D eigenvalue weighted by Crippen LogP contribution is 2.29. The van der Waals surface area contributed by atoms with Crippen molar-refractivity contribution in [3.8, 4) is 0 Å². The van der Waals surface area contributed by atoms with Crippen molar-refractivity contribution in [2.75, 3.05) is 37.8 Å². The van der Waals surface area contributed by atoms with Gasteiger partial charge >= 0.3 is 6.18 Å². The SMILES string of the molecule is CNc1nc(NCC2CCCN2C)cc(C(F)(F)F)n1. The van der Waals surface area contributed by atoms with Crippen molar-refractivity contribution in [1.82, 2.24) is 14.9 Å². The summed E-state index contributed by atoms with van der Waals surface area (Å²) >= 11 is 0. The molecule has 1 saturated heterocycles. The molecule has 2 N–H and O–H groups in total. The Morgan fingerprint density at radius 2 is 2.15 bits per heavy atom. The van der Waals surface area contributed by atoms with E-state index in [1.807, 2.05) is 7.05 Å². The van der Waals surface area contributed by atoms with Gasteiger partial charge in [0.25, 0.3) is 0 Å². The largest absolute Gasteiger partial charge is 0.433 e. The van der Waals surface area contributed by atoms with Gasteiger partial charge in [-0.2, -0.15) is 18.2 Å². The number of aromatic nitrogens is 2. The molecule has 5 nitrogen and oxygen atoms in total. The average molecular weight is 289 g/mol. The smallest absolute Gasteiger partial charge is 0.368 e. The van der Waals surface area contributed by atoms with E-state index in [4.69, 9.17) is 0 Å². The van der Waals surface area contributed by atoms with Crippen LogP contribution in [-0.4, -0.2) is 48.1 Å². The van der Waals surface area contributed by atoms with Crippen molar-refractivity contribution in [2.24, 2.45) is 0 Å². The molecule has 0 aliphatic carbocycles. The fraction of sp³-hybridized carbons (Fsp3) is 0.667. The Balaban J connectivity index is 2.10. The monoisotopic (exact) mass is 289 g/mol. The number of hydrogen-bond acceptors (Lipinski definition) is 5. The zero-order valence-corrected chi connectivity index (χ0v) is 11.5. The quantitative estimate of drug-likeness (QED) is 0.888. The van der Waals surface area contributed by atoms with Crippen molar-refractivity contribution in [2.45, 2.75) is 25.1 Å². The Bertz CT molecular complexity index is 463. The van der Waals surface area contributed by atoms with Gasteiger partial charge in [0.2, 0.25) is 5.95 Å². The van der Waals surface area contributed by atoms with Crippen LogP contribution in [0.2, 0.25) is 0 Å². The van der Waals surface area contributed by atoms with Crippen LogP contribution in [0, 0.1) is 0 Å². The average Bonchev–Trinajstić information content (AvgIpc) is 2.80. The topological polar surface area (TPSA) is 53.1 Å². The first-order valence-corrected chi connectivity index (χ1v) is 6.48. The van der Waals surface area contributed by atoms with Crippen LogP contribution in [0.3, 0.4) is 0 Å². The molecule has 8 heteroatoms. The van der Waals surface area contributed by atoms with Gasteiger partial charge in [0.05, 0.1) is 0 Å². The molecule has 1 fully saturated rings. The summed E-state index contributed by atoms with van der Waals surface area (Å²) < 4.78 is 38.2. The van der Waals surface area contributed by atoms with Gasteiger partial charge in [-0.15, -0.1) is 0 Å². The molecule has 0 aromatic carbocycles. The predicted molar refractivity (Wildman–Crippen MR) is 70.7 cm³/mol. The molecule has 0 radical (unpaired) electrons. The molecular weight excluding hydrogens is 271 g/mol. The highest BCUT2D eigenvalue weighted by molar-refractivity contribution is 5.43. The van der Waals surface area contributed by atoms with E-state index in [-0.39, 0.29) is 11.8 Å². The summed E-state index contributed by atoms with van der Waals surface area (Å²) in [4.78, 5) is 9.61. The van der Waals surface area contributed by atoms with Gasteiger partial charge in [-0.05, 0) is 26.4 Å². The van der Waals surface area contributed by atoms with E-state index >= 15 is 0 Å². The van der Waals surface area contributed by atoms with E-state index in [2.05, 4.69) is 25.5 Å². The summed E-state index contributed by atoms with van der Waals surface area (Å²) in [6.07, 6.45) is -2.32. The summed E-state index contributed by atoms with van der Waals surface area (Å²) in [5, 5.41) is 5.52. The van der Waals surface area contributed by atoms with E-state index in [0.29, 0.717) is 12.6 Å². The molecule has 0 saturated carbocycles. The van der Waals surface area contributed by atoms with Crippen LogP contribution < -0.4 is 10.6 Å². The van der Waals surface area contributed by atoms with Crippen molar-refractivity contribution >= 4 is 11.8 Å². The second-order valence-corrected chi connectivity index (χ2v) is 4.87. The second kappa shape index (κ2) is 5.82. The number of likely N-dealkylation sites (N-methyl/N-ethyl adjacent to an activating group) is 1. The Labute approximate surface area is 115 Å². The van der Waals surface area contributed by atoms with Gasteiger partial charge in [0, 0.05) is 25.7 Å². The maximum atomic E-state index is 12.7. The Morgan fingerprint density at radius 3 is 2.70 bits per heavy atom. The minimum atomic E-state index is -4.48. The molecule has 112 valence electrons. The number of likely N-dealkylation sites (tertiary alicyclic amines) is 1. The van der Waals surface area contributed by atoms with Crippen LogP contribution >= 0.6 is 0 Å². The lowest BCUT2D eigenvalue weighted by molar-refractivity contribution is -0.141. The van der Waals surface area contributed by atoms with Crippen LogP contribution in [0.25, 0.3) is 0 Å².